The highest BCUT2D eigenvalue weighted by Crippen LogP contribution is 2.20. The van der Waals surface area contributed by atoms with Crippen LogP contribution < -0.4 is 10.5 Å². The van der Waals surface area contributed by atoms with Gasteiger partial charge in [-0.15, -0.1) is 0 Å². The van der Waals surface area contributed by atoms with Crippen molar-refractivity contribution in [1.29, 1.82) is 0 Å². The molecule has 0 amide bonds. The molecule has 1 atom stereocenters. The molecule has 0 radical (unpaired) electrons. The Labute approximate surface area is 126 Å². The molecule has 0 aliphatic heterocycles. The van der Waals surface area contributed by atoms with E-state index in [1.807, 2.05) is 26.2 Å². The first-order chi connectivity index (χ1) is 9.31. The van der Waals surface area contributed by atoms with Crippen LogP contribution in [0.25, 0.3) is 0 Å². The number of rotatable bonds is 7. The average Bonchev–Trinajstić information content (AvgIpc) is 2.38. The highest BCUT2D eigenvalue weighted by atomic mass is 32.2. The minimum Gasteiger partial charge on any atom is -0.326 e. The Morgan fingerprint density at radius 1 is 1.30 bits per heavy atom. The Hall–Kier alpha value is -0.560. The van der Waals surface area contributed by atoms with Crippen LogP contribution in [0, 0.1) is 13.8 Å². The van der Waals surface area contributed by atoms with Crippen molar-refractivity contribution in [2.24, 2.45) is 5.73 Å². The number of benzene rings is 1. The molecule has 4 nitrogen and oxygen atoms in total. The Morgan fingerprint density at radius 3 is 2.50 bits per heavy atom. The van der Waals surface area contributed by atoms with Crippen LogP contribution in [0.4, 0.5) is 0 Å². The van der Waals surface area contributed by atoms with Crippen molar-refractivity contribution in [3.8, 4) is 0 Å². The van der Waals surface area contributed by atoms with Gasteiger partial charge in [0.05, 0.1) is 4.90 Å². The number of sulfonamides is 1. The lowest BCUT2D eigenvalue weighted by atomic mass is 10.1. The molecule has 1 aromatic rings. The molecular weight excluding hydrogens is 292 g/mol. The standard InChI is InChI=1S/C14H24N2O2S2/c1-10-7-11(2)14(8-13(10)9-15)20(17,18)16-6-5-12(3)19-4/h7-8,12,16H,5-6,9,15H2,1-4H3. The normalized spacial score (nSPS) is 13.4. The van der Waals surface area contributed by atoms with Gasteiger partial charge in [-0.3, -0.25) is 0 Å². The lowest BCUT2D eigenvalue weighted by molar-refractivity contribution is 0.578. The Balaban J connectivity index is 2.92. The van der Waals surface area contributed by atoms with Crippen molar-refractivity contribution < 1.29 is 8.42 Å². The van der Waals surface area contributed by atoms with Gasteiger partial charge in [-0.25, -0.2) is 13.1 Å². The summed E-state index contributed by atoms with van der Waals surface area (Å²) in [6, 6.07) is 3.56. The summed E-state index contributed by atoms with van der Waals surface area (Å²) in [4.78, 5) is 0.334. The predicted molar refractivity (Wildman–Crippen MR) is 86.6 cm³/mol. The quantitative estimate of drug-likeness (QED) is 0.809. The SMILES string of the molecule is CSC(C)CCNS(=O)(=O)c1cc(CN)c(C)cc1C. The zero-order valence-corrected chi connectivity index (χ0v) is 14.2. The molecule has 0 saturated heterocycles. The van der Waals surface area contributed by atoms with Gasteiger partial charge in [0.15, 0.2) is 0 Å². The summed E-state index contributed by atoms with van der Waals surface area (Å²) in [6.45, 7) is 6.64. The lowest BCUT2D eigenvalue weighted by Gasteiger charge is -2.14. The Bertz CT molecular complexity index is 557. The largest absolute Gasteiger partial charge is 0.326 e. The number of nitrogens with one attached hydrogen (secondary N) is 1. The van der Waals surface area contributed by atoms with Crippen LogP contribution in [-0.2, 0) is 16.6 Å². The van der Waals surface area contributed by atoms with Crippen LogP contribution in [0.2, 0.25) is 0 Å². The zero-order chi connectivity index (χ0) is 15.3. The van der Waals surface area contributed by atoms with Crippen LogP contribution in [-0.4, -0.2) is 26.5 Å². The van der Waals surface area contributed by atoms with Gasteiger partial charge < -0.3 is 5.73 Å². The third-order valence-electron chi connectivity index (χ3n) is 3.39. The van der Waals surface area contributed by atoms with Crippen molar-refractivity contribution in [1.82, 2.24) is 4.72 Å². The monoisotopic (exact) mass is 316 g/mol. The first-order valence-electron chi connectivity index (χ1n) is 6.64. The molecule has 0 bridgehead atoms. The fourth-order valence-corrected chi connectivity index (χ4v) is 3.65. The summed E-state index contributed by atoms with van der Waals surface area (Å²) in [7, 11) is -3.46. The van der Waals surface area contributed by atoms with Crippen LogP contribution in [0.3, 0.4) is 0 Å². The highest BCUT2D eigenvalue weighted by Gasteiger charge is 2.18. The van der Waals surface area contributed by atoms with Crippen molar-refractivity contribution in [3.63, 3.8) is 0 Å². The molecule has 114 valence electrons. The lowest BCUT2D eigenvalue weighted by Crippen LogP contribution is -2.27. The predicted octanol–water partition coefficient (Wildman–Crippen LogP) is 2.18. The number of hydrogen-bond acceptors (Lipinski definition) is 4. The molecule has 6 heteroatoms. The molecule has 3 N–H and O–H groups in total. The maximum atomic E-state index is 12.3. The topological polar surface area (TPSA) is 72.2 Å². The Morgan fingerprint density at radius 2 is 1.95 bits per heavy atom. The van der Waals surface area contributed by atoms with Crippen LogP contribution >= 0.6 is 11.8 Å². The van der Waals surface area contributed by atoms with Crippen LogP contribution in [0.5, 0.6) is 0 Å². The van der Waals surface area contributed by atoms with Gasteiger partial charge in [0.25, 0.3) is 0 Å². The van der Waals surface area contributed by atoms with E-state index in [0.29, 0.717) is 23.2 Å². The first-order valence-corrected chi connectivity index (χ1v) is 9.41. The fraction of sp³-hybridized carbons (Fsp3) is 0.571. The van der Waals surface area contributed by atoms with Crippen molar-refractivity contribution in [3.05, 3.63) is 28.8 Å². The van der Waals surface area contributed by atoms with Crippen LogP contribution in [0.1, 0.15) is 30.0 Å². The summed E-state index contributed by atoms with van der Waals surface area (Å²) >= 11 is 1.73. The van der Waals surface area contributed by atoms with Gasteiger partial charge in [-0.2, -0.15) is 11.8 Å². The fourth-order valence-electron chi connectivity index (χ4n) is 1.98. The third-order valence-corrected chi connectivity index (χ3v) is 6.03. The first kappa shape index (κ1) is 17.5. The van der Waals surface area contributed by atoms with E-state index in [2.05, 4.69) is 11.6 Å². The summed E-state index contributed by atoms with van der Waals surface area (Å²) < 4.78 is 27.4. The van der Waals surface area contributed by atoms with Gasteiger partial charge in [0.1, 0.15) is 0 Å². The zero-order valence-electron chi connectivity index (χ0n) is 12.6. The molecule has 20 heavy (non-hydrogen) atoms. The molecule has 0 aromatic heterocycles. The van der Waals surface area contributed by atoms with Crippen molar-refractivity contribution >= 4 is 21.8 Å². The number of thioether (sulfide) groups is 1. The van der Waals surface area contributed by atoms with Gasteiger partial charge in [-0.1, -0.05) is 13.0 Å². The van der Waals surface area contributed by atoms with E-state index in [9.17, 15) is 8.42 Å². The van der Waals surface area contributed by atoms with E-state index in [0.717, 1.165) is 23.1 Å². The maximum Gasteiger partial charge on any atom is 0.240 e. The second-order valence-corrected chi connectivity index (χ2v) is 7.99. The number of nitrogens with two attached hydrogens (primary N) is 1. The molecule has 0 aliphatic rings. The van der Waals surface area contributed by atoms with Gasteiger partial charge >= 0.3 is 0 Å². The maximum absolute atomic E-state index is 12.3. The minimum atomic E-state index is -3.46. The summed E-state index contributed by atoms with van der Waals surface area (Å²) in [5, 5.41) is 0.441. The second-order valence-electron chi connectivity index (χ2n) is 4.98. The molecule has 0 spiro atoms. The Kier molecular flexibility index (Phi) is 6.51. The number of aryl methyl sites for hydroxylation is 2. The molecule has 1 unspecified atom stereocenters. The van der Waals surface area contributed by atoms with E-state index in [1.54, 1.807) is 17.8 Å². The molecule has 0 saturated carbocycles. The average molecular weight is 316 g/mol. The molecule has 1 rings (SSSR count). The summed E-state index contributed by atoms with van der Waals surface area (Å²) in [5.74, 6) is 0. The summed E-state index contributed by atoms with van der Waals surface area (Å²) in [6.07, 6.45) is 2.84. The smallest absolute Gasteiger partial charge is 0.240 e. The van der Waals surface area contributed by atoms with Gasteiger partial charge in [-0.05, 0) is 49.3 Å². The van der Waals surface area contributed by atoms with E-state index in [1.165, 1.54) is 0 Å². The van der Waals surface area contributed by atoms with Crippen molar-refractivity contribution in [2.45, 2.75) is 43.9 Å². The molecule has 0 heterocycles. The third kappa shape index (κ3) is 4.48. The molecular formula is C14H24N2O2S2. The van der Waals surface area contributed by atoms with E-state index in [4.69, 9.17) is 5.73 Å². The van der Waals surface area contributed by atoms with E-state index >= 15 is 0 Å². The van der Waals surface area contributed by atoms with Crippen LogP contribution in [0.15, 0.2) is 17.0 Å². The van der Waals surface area contributed by atoms with Gasteiger partial charge in [0.2, 0.25) is 10.0 Å². The second kappa shape index (κ2) is 7.45. The molecule has 1 aromatic carbocycles. The number of hydrogen-bond donors (Lipinski definition) is 2. The minimum absolute atomic E-state index is 0.334. The van der Waals surface area contributed by atoms with E-state index in [-0.39, 0.29) is 0 Å². The molecule has 0 aliphatic carbocycles. The van der Waals surface area contributed by atoms with Crippen molar-refractivity contribution in [2.75, 3.05) is 12.8 Å². The molecule has 0 fully saturated rings. The van der Waals surface area contributed by atoms with E-state index < -0.39 is 10.0 Å². The highest BCUT2D eigenvalue weighted by molar-refractivity contribution is 7.99. The van der Waals surface area contributed by atoms with Gasteiger partial charge in [0, 0.05) is 18.3 Å². The summed E-state index contributed by atoms with van der Waals surface area (Å²) in [5.41, 5.74) is 8.30.